The lowest BCUT2D eigenvalue weighted by molar-refractivity contribution is 0.198. The van der Waals surface area contributed by atoms with E-state index in [1.807, 2.05) is 24.3 Å². The van der Waals surface area contributed by atoms with Gasteiger partial charge < -0.3 is 9.84 Å². The van der Waals surface area contributed by atoms with E-state index < -0.39 is 11.9 Å². The van der Waals surface area contributed by atoms with Crippen LogP contribution in [0.3, 0.4) is 0 Å². The van der Waals surface area contributed by atoms with Crippen molar-refractivity contribution in [3.8, 4) is 11.5 Å². The lowest BCUT2D eigenvalue weighted by atomic mass is 9.98. The normalized spacial score (nSPS) is 13.8. The molecule has 3 heteroatoms. The minimum absolute atomic E-state index is 0.176. The van der Waals surface area contributed by atoms with Gasteiger partial charge >= 0.3 is 0 Å². The molecule has 2 aromatic carbocycles. The summed E-state index contributed by atoms with van der Waals surface area (Å²) in [7, 11) is 0. The van der Waals surface area contributed by atoms with E-state index in [1.165, 1.54) is 6.07 Å². The Labute approximate surface area is 125 Å². The second-order valence-electron chi connectivity index (χ2n) is 5.32. The maximum Gasteiger partial charge on any atom is 0.166 e. The first-order chi connectivity index (χ1) is 10.0. The molecule has 0 saturated heterocycles. The molecule has 0 aliphatic heterocycles. The van der Waals surface area contributed by atoms with Crippen molar-refractivity contribution in [2.75, 3.05) is 0 Å². The van der Waals surface area contributed by atoms with Crippen molar-refractivity contribution in [2.24, 2.45) is 0 Å². The molecule has 2 atom stereocenters. The van der Waals surface area contributed by atoms with Gasteiger partial charge in [-0.25, -0.2) is 4.39 Å². The van der Waals surface area contributed by atoms with Gasteiger partial charge in [0.1, 0.15) is 5.75 Å². The molecule has 2 unspecified atom stereocenters. The number of benzene rings is 2. The van der Waals surface area contributed by atoms with Crippen molar-refractivity contribution in [2.45, 2.75) is 39.2 Å². The Morgan fingerprint density at radius 3 is 2.43 bits per heavy atom. The Morgan fingerprint density at radius 1 is 1.10 bits per heavy atom. The molecule has 0 aromatic heterocycles. The average Bonchev–Trinajstić information content (AvgIpc) is 2.49. The first-order valence-electron chi connectivity index (χ1n) is 7.27. The molecule has 1 N–H and O–H groups in total. The van der Waals surface area contributed by atoms with Crippen LogP contribution < -0.4 is 4.74 Å². The van der Waals surface area contributed by atoms with Gasteiger partial charge in [-0.3, -0.25) is 0 Å². The van der Waals surface area contributed by atoms with Gasteiger partial charge in [-0.2, -0.15) is 0 Å². The molecule has 0 heterocycles. The molecule has 0 fully saturated rings. The van der Waals surface area contributed by atoms with Crippen LogP contribution in [0.2, 0.25) is 0 Å². The summed E-state index contributed by atoms with van der Waals surface area (Å²) >= 11 is 0. The van der Waals surface area contributed by atoms with E-state index in [4.69, 9.17) is 4.74 Å². The SMILES string of the molecule is CCC(C)c1ccccc1Oc1ccc(C(C)O)cc1F. The van der Waals surface area contributed by atoms with Crippen LogP contribution in [-0.2, 0) is 0 Å². The van der Waals surface area contributed by atoms with Crippen LogP contribution in [0.1, 0.15) is 50.3 Å². The van der Waals surface area contributed by atoms with Crippen LogP contribution in [-0.4, -0.2) is 5.11 Å². The summed E-state index contributed by atoms with van der Waals surface area (Å²) in [4.78, 5) is 0. The van der Waals surface area contributed by atoms with Crippen molar-refractivity contribution in [3.63, 3.8) is 0 Å². The average molecular weight is 288 g/mol. The topological polar surface area (TPSA) is 29.5 Å². The van der Waals surface area contributed by atoms with E-state index in [0.717, 1.165) is 12.0 Å². The lowest BCUT2D eigenvalue weighted by Gasteiger charge is -2.16. The maximum absolute atomic E-state index is 14.1. The molecule has 0 spiro atoms. The number of halogens is 1. The van der Waals surface area contributed by atoms with Gasteiger partial charge in [0.05, 0.1) is 6.10 Å². The number of aliphatic hydroxyl groups excluding tert-OH is 1. The quantitative estimate of drug-likeness (QED) is 0.821. The summed E-state index contributed by atoms with van der Waals surface area (Å²) in [6.45, 7) is 5.84. The molecule has 0 aliphatic carbocycles. The van der Waals surface area contributed by atoms with Crippen molar-refractivity contribution in [3.05, 3.63) is 59.4 Å². The predicted octanol–water partition coefficient (Wildman–Crippen LogP) is 5.18. The van der Waals surface area contributed by atoms with Crippen molar-refractivity contribution < 1.29 is 14.2 Å². The molecule has 21 heavy (non-hydrogen) atoms. The highest BCUT2D eigenvalue weighted by Gasteiger charge is 2.13. The molecule has 0 bridgehead atoms. The van der Waals surface area contributed by atoms with Gasteiger partial charge in [0.25, 0.3) is 0 Å². The minimum atomic E-state index is -0.694. The summed E-state index contributed by atoms with van der Waals surface area (Å²) < 4.78 is 19.8. The summed E-state index contributed by atoms with van der Waals surface area (Å²) in [5.74, 6) is 0.735. The van der Waals surface area contributed by atoms with Gasteiger partial charge in [0.2, 0.25) is 0 Å². The van der Waals surface area contributed by atoms with Crippen molar-refractivity contribution in [1.82, 2.24) is 0 Å². The van der Waals surface area contributed by atoms with E-state index in [2.05, 4.69) is 13.8 Å². The van der Waals surface area contributed by atoms with E-state index >= 15 is 0 Å². The standard InChI is InChI=1S/C18H21FO2/c1-4-12(2)15-7-5-6-8-17(15)21-18-10-9-14(13(3)20)11-16(18)19/h5-13,20H,4H2,1-3H3. The van der Waals surface area contributed by atoms with Crippen LogP contribution in [0.5, 0.6) is 11.5 Å². The lowest BCUT2D eigenvalue weighted by Crippen LogP contribution is -1.98. The van der Waals surface area contributed by atoms with Crippen LogP contribution in [0.4, 0.5) is 4.39 Å². The number of hydrogen-bond donors (Lipinski definition) is 1. The molecule has 0 aliphatic rings. The third-order valence-electron chi connectivity index (χ3n) is 3.72. The largest absolute Gasteiger partial charge is 0.454 e. The Balaban J connectivity index is 2.30. The van der Waals surface area contributed by atoms with E-state index in [0.29, 0.717) is 17.2 Å². The Morgan fingerprint density at radius 2 is 1.81 bits per heavy atom. The molecule has 0 radical (unpaired) electrons. The first-order valence-corrected chi connectivity index (χ1v) is 7.27. The maximum atomic E-state index is 14.1. The van der Waals surface area contributed by atoms with E-state index in [9.17, 15) is 9.50 Å². The van der Waals surface area contributed by atoms with Crippen LogP contribution >= 0.6 is 0 Å². The summed E-state index contributed by atoms with van der Waals surface area (Å²) in [6, 6.07) is 12.2. The van der Waals surface area contributed by atoms with E-state index in [-0.39, 0.29) is 5.75 Å². The first kappa shape index (κ1) is 15.5. The molecule has 112 valence electrons. The monoisotopic (exact) mass is 288 g/mol. The molecular formula is C18H21FO2. The third kappa shape index (κ3) is 3.61. The Hall–Kier alpha value is -1.87. The zero-order valence-corrected chi connectivity index (χ0v) is 12.6. The van der Waals surface area contributed by atoms with Gasteiger partial charge in [-0.05, 0) is 48.6 Å². The predicted molar refractivity (Wildman–Crippen MR) is 82.3 cm³/mol. The molecular weight excluding hydrogens is 267 g/mol. The second kappa shape index (κ2) is 6.72. The van der Waals surface area contributed by atoms with Gasteiger partial charge in [-0.1, -0.05) is 38.1 Å². The molecule has 2 rings (SSSR count). The number of hydrogen-bond acceptors (Lipinski definition) is 2. The minimum Gasteiger partial charge on any atom is -0.454 e. The molecule has 0 saturated carbocycles. The highest BCUT2D eigenvalue weighted by molar-refractivity contribution is 5.41. The smallest absolute Gasteiger partial charge is 0.166 e. The fourth-order valence-corrected chi connectivity index (χ4v) is 2.18. The summed E-state index contributed by atoms with van der Waals surface area (Å²) in [5, 5.41) is 9.47. The number of para-hydroxylation sites is 1. The fourth-order valence-electron chi connectivity index (χ4n) is 2.18. The van der Waals surface area contributed by atoms with Crippen LogP contribution in [0, 0.1) is 5.82 Å². The number of ether oxygens (including phenoxy) is 1. The fraction of sp³-hybridized carbons (Fsp3) is 0.333. The van der Waals surface area contributed by atoms with Crippen LogP contribution in [0.15, 0.2) is 42.5 Å². The molecule has 2 nitrogen and oxygen atoms in total. The highest BCUT2D eigenvalue weighted by atomic mass is 19.1. The molecule has 0 amide bonds. The third-order valence-corrected chi connectivity index (χ3v) is 3.72. The van der Waals surface area contributed by atoms with E-state index in [1.54, 1.807) is 19.1 Å². The van der Waals surface area contributed by atoms with Crippen LogP contribution in [0.25, 0.3) is 0 Å². The highest BCUT2D eigenvalue weighted by Crippen LogP contribution is 2.33. The summed E-state index contributed by atoms with van der Waals surface area (Å²) in [5.41, 5.74) is 1.61. The zero-order chi connectivity index (χ0) is 15.4. The molecule has 2 aromatic rings. The number of aliphatic hydroxyl groups is 1. The number of rotatable bonds is 5. The van der Waals surface area contributed by atoms with Gasteiger partial charge in [-0.15, -0.1) is 0 Å². The summed E-state index contributed by atoms with van der Waals surface area (Å²) in [6.07, 6.45) is 0.296. The van der Waals surface area contributed by atoms with Crippen molar-refractivity contribution in [1.29, 1.82) is 0 Å². The zero-order valence-electron chi connectivity index (χ0n) is 12.6. The second-order valence-corrected chi connectivity index (χ2v) is 5.32. The van der Waals surface area contributed by atoms with Gasteiger partial charge in [0, 0.05) is 0 Å². The van der Waals surface area contributed by atoms with Gasteiger partial charge in [0.15, 0.2) is 11.6 Å². The Bertz CT molecular complexity index is 608. The van der Waals surface area contributed by atoms with Crippen molar-refractivity contribution >= 4 is 0 Å². The Kier molecular flexibility index (Phi) is 4.97.